The van der Waals surface area contributed by atoms with Crippen LogP contribution in [0.5, 0.6) is 5.75 Å². The first-order valence-electron chi connectivity index (χ1n) is 10.5. The van der Waals surface area contributed by atoms with Gasteiger partial charge in [-0.3, -0.25) is 9.78 Å². The van der Waals surface area contributed by atoms with E-state index in [4.69, 9.17) is 4.74 Å². The maximum absolute atomic E-state index is 12.2. The Kier molecular flexibility index (Phi) is 8.20. The van der Waals surface area contributed by atoms with Crippen molar-refractivity contribution in [2.24, 2.45) is 0 Å². The summed E-state index contributed by atoms with van der Waals surface area (Å²) in [6.45, 7) is 5.13. The molecule has 0 saturated heterocycles. The average molecular weight is 433 g/mol. The van der Waals surface area contributed by atoms with E-state index in [2.05, 4.69) is 20.9 Å². The Morgan fingerprint density at radius 3 is 2.47 bits per heavy atom. The largest absolute Gasteiger partial charge is 0.493 e. The number of anilines is 1. The molecule has 0 aliphatic heterocycles. The van der Waals surface area contributed by atoms with Crippen LogP contribution in [-0.2, 0) is 17.9 Å². The van der Waals surface area contributed by atoms with Gasteiger partial charge in [0.1, 0.15) is 5.75 Å². The van der Waals surface area contributed by atoms with Crippen LogP contribution in [0.2, 0.25) is 0 Å². The molecule has 0 fully saturated rings. The third kappa shape index (κ3) is 7.12. The van der Waals surface area contributed by atoms with Crippen molar-refractivity contribution in [3.05, 3.63) is 89.2 Å². The molecule has 1 aromatic heterocycles. The highest BCUT2D eigenvalue weighted by atomic mass is 16.5. The number of hydrogen-bond donors (Lipinski definition) is 3. The van der Waals surface area contributed by atoms with Crippen LogP contribution >= 0.6 is 0 Å². The van der Waals surface area contributed by atoms with Crippen molar-refractivity contribution in [2.45, 2.75) is 33.4 Å². The van der Waals surface area contributed by atoms with E-state index in [0.717, 1.165) is 28.0 Å². The molecule has 3 rings (SSSR count). The first-order valence-corrected chi connectivity index (χ1v) is 10.5. The molecule has 166 valence electrons. The molecule has 2 aromatic carbocycles. The highest BCUT2D eigenvalue weighted by Gasteiger charge is 2.06. The van der Waals surface area contributed by atoms with Gasteiger partial charge in [0.05, 0.1) is 13.0 Å². The number of aromatic nitrogens is 1. The highest BCUT2D eigenvalue weighted by molar-refractivity contribution is 5.89. The number of ether oxygens (including phenoxy) is 1. The van der Waals surface area contributed by atoms with Crippen molar-refractivity contribution in [1.82, 2.24) is 15.6 Å². The quantitative estimate of drug-likeness (QED) is 0.475. The van der Waals surface area contributed by atoms with Crippen LogP contribution in [0, 0.1) is 13.8 Å². The third-order valence-corrected chi connectivity index (χ3v) is 5.02. The van der Waals surface area contributed by atoms with Crippen molar-refractivity contribution in [1.29, 1.82) is 0 Å². The van der Waals surface area contributed by atoms with E-state index in [1.807, 2.05) is 62.4 Å². The number of carbonyl (C=O) groups is 2. The molecule has 0 aliphatic carbocycles. The molecule has 0 radical (unpaired) electrons. The minimum atomic E-state index is -0.299. The number of urea groups is 1. The standard InChI is InChI=1S/C25H28N4O3/c1-18-5-3-8-23(19(18)2)32-14-11-24(30)27-17-21-6-4-7-22(15-21)29-25(31)28-16-20-9-12-26-13-10-20/h3-10,12-13,15H,11,14,16-17H2,1-2H3,(H,27,30)(H2,28,29,31). The van der Waals surface area contributed by atoms with Crippen LogP contribution < -0.4 is 20.7 Å². The van der Waals surface area contributed by atoms with Crippen LogP contribution in [0.1, 0.15) is 28.7 Å². The Morgan fingerprint density at radius 2 is 1.66 bits per heavy atom. The van der Waals surface area contributed by atoms with Crippen LogP contribution in [0.25, 0.3) is 0 Å². The second-order valence-electron chi connectivity index (χ2n) is 7.44. The second-order valence-corrected chi connectivity index (χ2v) is 7.44. The number of nitrogens with one attached hydrogen (secondary N) is 3. The van der Waals surface area contributed by atoms with Gasteiger partial charge < -0.3 is 20.7 Å². The molecule has 0 saturated carbocycles. The fourth-order valence-electron chi connectivity index (χ4n) is 3.04. The summed E-state index contributed by atoms with van der Waals surface area (Å²) < 4.78 is 5.74. The Balaban J connectivity index is 1.40. The van der Waals surface area contributed by atoms with E-state index in [0.29, 0.717) is 25.4 Å². The van der Waals surface area contributed by atoms with E-state index in [-0.39, 0.29) is 18.4 Å². The van der Waals surface area contributed by atoms with E-state index in [1.165, 1.54) is 0 Å². The lowest BCUT2D eigenvalue weighted by Gasteiger charge is -2.11. The topological polar surface area (TPSA) is 92.4 Å². The maximum Gasteiger partial charge on any atom is 0.319 e. The molecule has 0 unspecified atom stereocenters. The minimum Gasteiger partial charge on any atom is -0.493 e. The molecule has 7 heteroatoms. The summed E-state index contributed by atoms with van der Waals surface area (Å²) in [6, 6.07) is 16.6. The molecule has 32 heavy (non-hydrogen) atoms. The van der Waals surface area contributed by atoms with E-state index < -0.39 is 0 Å². The summed E-state index contributed by atoms with van der Waals surface area (Å²) in [5, 5.41) is 8.49. The van der Waals surface area contributed by atoms with Crippen molar-refractivity contribution in [3.63, 3.8) is 0 Å². The normalized spacial score (nSPS) is 10.3. The SMILES string of the molecule is Cc1cccc(OCCC(=O)NCc2cccc(NC(=O)NCc3ccncc3)c2)c1C. The zero-order valence-electron chi connectivity index (χ0n) is 18.4. The van der Waals surface area contributed by atoms with Gasteiger partial charge in [-0.15, -0.1) is 0 Å². The highest BCUT2D eigenvalue weighted by Crippen LogP contribution is 2.20. The van der Waals surface area contributed by atoms with Gasteiger partial charge in [0, 0.05) is 31.2 Å². The summed E-state index contributed by atoms with van der Waals surface area (Å²) in [5.41, 5.74) is 4.75. The first kappa shape index (κ1) is 22.8. The summed E-state index contributed by atoms with van der Waals surface area (Å²) >= 11 is 0. The van der Waals surface area contributed by atoms with Crippen LogP contribution in [0.3, 0.4) is 0 Å². The van der Waals surface area contributed by atoms with E-state index in [1.54, 1.807) is 18.5 Å². The molecule has 0 bridgehead atoms. The van der Waals surface area contributed by atoms with Gasteiger partial charge in [0.25, 0.3) is 0 Å². The smallest absolute Gasteiger partial charge is 0.319 e. The zero-order valence-corrected chi connectivity index (χ0v) is 18.4. The lowest BCUT2D eigenvalue weighted by Crippen LogP contribution is -2.28. The molecule has 3 N–H and O–H groups in total. The predicted octanol–water partition coefficient (Wildman–Crippen LogP) is 4.11. The van der Waals surface area contributed by atoms with Gasteiger partial charge in [-0.25, -0.2) is 4.79 Å². The first-order chi connectivity index (χ1) is 15.5. The fourth-order valence-corrected chi connectivity index (χ4v) is 3.04. The number of carbonyl (C=O) groups excluding carboxylic acids is 2. The van der Waals surface area contributed by atoms with Gasteiger partial charge in [-0.1, -0.05) is 24.3 Å². The van der Waals surface area contributed by atoms with Crippen LogP contribution in [-0.4, -0.2) is 23.5 Å². The number of aryl methyl sites for hydroxylation is 1. The Morgan fingerprint density at radius 1 is 0.906 bits per heavy atom. The summed E-state index contributed by atoms with van der Waals surface area (Å²) in [5.74, 6) is 0.711. The molecule has 0 aliphatic rings. The number of amides is 3. The van der Waals surface area contributed by atoms with Crippen molar-refractivity contribution in [2.75, 3.05) is 11.9 Å². The zero-order chi connectivity index (χ0) is 22.8. The lowest BCUT2D eigenvalue weighted by molar-refractivity contribution is -0.121. The molecule has 3 amide bonds. The third-order valence-electron chi connectivity index (χ3n) is 5.02. The van der Waals surface area contributed by atoms with Crippen molar-refractivity contribution < 1.29 is 14.3 Å². The van der Waals surface area contributed by atoms with Gasteiger partial charge >= 0.3 is 6.03 Å². The molecular weight excluding hydrogens is 404 g/mol. The van der Waals surface area contributed by atoms with Gasteiger partial charge in [0.15, 0.2) is 0 Å². The lowest BCUT2D eigenvalue weighted by atomic mass is 10.1. The molecular formula is C25H28N4O3. The minimum absolute atomic E-state index is 0.0937. The second kappa shape index (κ2) is 11.5. The fraction of sp³-hybridized carbons (Fsp3) is 0.240. The summed E-state index contributed by atoms with van der Waals surface area (Å²) in [6.07, 6.45) is 3.63. The number of pyridine rings is 1. The van der Waals surface area contributed by atoms with E-state index in [9.17, 15) is 9.59 Å². The molecule has 0 spiro atoms. The summed E-state index contributed by atoms with van der Waals surface area (Å²) in [7, 11) is 0. The van der Waals surface area contributed by atoms with Gasteiger partial charge in [-0.05, 0) is 66.4 Å². The van der Waals surface area contributed by atoms with Gasteiger partial charge in [-0.2, -0.15) is 0 Å². The number of nitrogens with zero attached hydrogens (tertiary/aromatic N) is 1. The van der Waals surface area contributed by atoms with E-state index >= 15 is 0 Å². The monoisotopic (exact) mass is 432 g/mol. The van der Waals surface area contributed by atoms with Crippen molar-refractivity contribution in [3.8, 4) is 5.75 Å². The van der Waals surface area contributed by atoms with Gasteiger partial charge in [0.2, 0.25) is 5.91 Å². The molecule has 0 atom stereocenters. The average Bonchev–Trinajstić information content (AvgIpc) is 2.80. The number of hydrogen-bond acceptors (Lipinski definition) is 4. The number of rotatable bonds is 9. The van der Waals surface area contributed by atoms with Crippen LogP contribution in [0.15, 0.2) is 67.0 Å². The Labute approximate surface area is 188 Å². The predicted molar refractivity (Wildman–Crippen MR) is 124 cm³/mol. The number of benzene rings is 2. The summed E-state index contributed by atoms with van der Waals surface area (Å²) in [4.78, 5) is 28.2. The van der Waals surface area contributed by atoms with Crippen LogP contribution in [0.4, 0.5) is 10.5 Å². The van der Waals surface area contributed by atoms with Crippen molar-refractivity contribution >= 4 is 17.6 Å². The Bertz CT molecular complexity index is 1050. The molecule has 7 nitrogen and oxygen atoms in total. The molecule has 1 heterocycles. The molecule has 3 aromatic rings. The maximum atomic E-state index is 12.2. The Hall–Kier alpha value is -3.87.